The largest absolute Gasteiger partial charge is 0.417 e. The van der Waals surface area contributed by atoms with Gasteiger partial charge in [0.05, 0.1) is 16.3 Å². The predicted octanol–water partition coefficient (Wildman–Crippen LogP) is 3.29. The Hall–Kier alpha value is -2.75. The van der Waals surface area contributed by atoms with Crippen LogP contribution >= 0.6 is 11.6 Å². The number of nitrogens with zero attached hydrogens (tertiary/aromatic N) is 7. The Bertz CT molecular complexity index is 990. The SMILES string of the molecule is Cc1ccn(Cn2cnc(N3CCN(c4ccc(Cl)c(C(F)(F)F)c4)CC3)n2)n1. The average molecular weight is 426 g/mol. The first-order valence-electron chi connectivity index (χ1n) is 9.06. The molecule has 0 N–H and O–H groups in total. The van der Waals surface area contributed by atoms with Crippen LogP contribution in [0.25, 0.3) is 0 Å². The maximum absolute atomic E-state index is 13.1. The molecule has 1 fully saturated rings. The second-order valence-electron chi connectivity index (χ2n) is 6.86. The first-order chi connectivity index (χ1) is 13.8. The van der Waals surface area contributed by atoms with E-state index in [1.165, 1.54) is 6.07 Å². The fourth-order valence-corrected chi connectivity index (χ4v) is 3.50. The number of anilines is 2. The number of hydrogen-bond acceptors (Lipinski definition) is 5. The van der Waals surface area contributed by atoms with Crippen molar-refractivity contribution < 1.29 is 13.2 Å². The minimum Gasteiger partial charge on any atom is -0.368 e. The van der Waals surface area contributed by atoms with E-state index in [1.54, 1.807) is 21.8 Å². The number of benzene rings is 1. The highest BCUT2D eigenvalue weighted by molar-refractivity contribution is 6.31. The zero-order valence-electron chi connectivity index (χ0n) is 15.6. The molecule has 0 aliphatic carbocycles. The number of alkyl halides is 3. The van der Waals surface area contributed by atoms with Crippen molar-refractivity contribution in [2.75, 3.05) is 36.0 Å². The van der Waals surface area contributed by atoms with Crippen LogP contribution in [0.4, 0.5) is 24.8 Å². The van der Waals surface area contributed by atoms with Gasteiger partial charge in [0.2, 0.25) is 5.95 Å². The molecule has 1 aliphatic heterocycles. The third kappa shape index (κ3) is 4.31. The van der Waals surface area contributed by atoms with Crippen LogP contribution in [0.15, 0.2) is 36.8 Å². The lowest BCUT2D eigenvalue weighted by Crippen LogP contribution is -2.47. The van der Waals surface area contributed by atoms with E-state index in [1.807, 2.05) is 29.0 Å². The highest BCUT2D eigenvalue weighted by atomic mass is 35.5. The molecule has 0 amide bonds. The molecule has 11 heteroatoms. The van der Waals surface area contributed by atoms with E-state index >= 15 is 0 Å². The summed E-state index contributed by atoms with van der Waals surface area (Å²) in [4.78, 5) is 8.27. The maximum Gasteiger partial charge on any atom is 0.417 e. The molecule has 1 aromatic carbocycles. The van der Waals surface area contributed by atoms with Gasteiger partial charge in [0.15, 0.2) is 0 Å². The van der Waals surface area contributed by atoms with Gasteiger partial charge in [-0.2, -0.15) is 18.3 Å². The molecular weight excluding hydrogens is 407 g/mol. The molecule has 0 saturated carbocycles. The zero-order valence-corrected chi connectivity index (χ0v) is 16.4. The molecule has 3 heterocycles. The number of aryl methyl sites for hydroxylation is 1. The van der Waals surface area contributed by atoms with E-state index in [4.69, 9.17) is 11.6 Å². The summed E-state index contributed by atoms with van der Waals surface area (Å²) in [7, 11) is 0. The Labute approximate surface area is 170 Å². The molecular formula is C18H19ClF3N7. The van der Waals surface area contributed by atoms with E-state index in [2.05, 4.69) is 15.2 Å². The van der Waals surface area contributed by atoms with Crippen molar-refractivity contribution in [3.8, 4) is 0 Å². The van der Waals surface area contributed by atoms with Crippen molar-refractivity contribution in [2.24, 2.45) is 0 Å². The van der Waals surface area contributed by atoms with Gasteiger partial charge in [-0.05, 0) is 31.2 Å². The monoisotopic (exact) mass is 425 g/mol. The molecule has 0 spiro atoms. The zero-order chi connectivity index (χ0) is 20.6. The van der Waals surface area contributed by atoms with Crippen LogP contribution in [0, 0.1) is 6.92 Å². The standard InChI is InChI=1S/C18H19ClF3N7/c1-13-4-5-28(24-13)12-29-11-23-17(25-29)27-8-6-26(7-9-27)14-2-3-16(19)15(10-14)18(20,21)22/h2-5,10-11H,6-9,12H2,1H3. The van der Waals surface area contributed by atoms with Gasteiger partial charge in [-0.15, -0.1) is 5.10 Å². The van der Waals surface area contributed by atoms with Crippen LogP contribution in [0.2, 0.25) is 5.02 Å². The quantitative estimate of drug-likeness (QED) is 0.642. The van der Waals surface area contributed by atoms with Crippen LogP contribution in [-0.2, 0) is 12.8 Å². The third-order valence-electron chi connectivity index (χ3n) is 4.77. The average Bonchev–Trinajstić information content (AvgIpc) is 3.31. The topological polar surface area (TPSA) is 55.0 Å². The van der Waals surface area contributed by atoms with Crippen LogP contribution < -0.4 is 9.80 Å². The normalized spacial score (nSPS) is 15.2. The smallest absolute Gasteiger partial charge is 0.368 e. The molecule has 29 heavy (non-hydrogen) atoms. The molecule has 1 aliphatic rings. The lowest BCUT2D eigenvalue weighted by atomic mass is 10.1. The summed E-state index contributed by atoms with van der Waals surface area (Å²) in [6.07, 6.45) is -0.955. The van der Waals surface area contributed by atoms with Gasteiger partial charge in [0.25, 0.3) is 0 Å². The van der Waals surface area contributed by atoms with Crippen LogP contribution in [-0.4, -0.2) is 50.7 Å². The lowest BCUT2D eigenvalue weighted by molar-refractivity contribution is -0.137. The van der Waals surface area contributed by atoms with Gasteiger partial charge in [-0.1, -0.05) is 11.6 Å². The molecule has 0 radical (unpaired) electrons. The Balaban J connectivity index is 1.40. The Morgan fingerprint density at radius 3 is 2.38 bits per heavy atom. The van der Waals surface area contributed by atoms with E-state index in [0.29, 0.717) is 44.5 Å². The first-order valence-corrected chi connectivity index (χ1v) is 9.43. The van der Waals surface area contributed by atoms with Gasteiger partial charge in [-0.25, -0.2) is 9.67 Å². The summed E-state index contributed by atoms with van der Waals surface area (Å²) in [6.45, 7) is 4.72. The van der Waals surface area contributed by atoms with E-state index in [-0.39, 0.29) is 5.02 Å². The fourth-order valence-electron chi connectivity index (χ4n) is 3.28. The van der Waals surface area contributed by atoms with Gasteiger partial charge in [0.1, 0.15) is 13.0 Å². The Morgan fingerprint density at radius 1 is 1.00 bits per heavy atom. The Morgan fingerprint density at radius 2 is 1.72 bits per heavy atom. The molecule has 1 saturated heterocycles. The first kappa shape index (κ1) is 19.6. The molecule has 0 unspecified atom stereocenters. The summed E-state index contributed by atoms with van der Waals surface area (Å²) in [5.74, 6) is 0.598. The van der Waals surface area contributed by atoms with Crippen molar-refractivity contribution in [3.63, 3.8) is 0 Å². The number of rotatable bonds is 4. The maximum atomic E-state index is 13.1. The minimum atomic E-state index is -4.47. The van der Waals surface area contributed by atoms with Crippen molar-refractivity contribution >= 4 is 23.2 Å². The summed E-state index contributed by atoms with van der Waals surface area (Å²) in [6, 6.07) is 5.94. The molecule has 0 atom stereocenters. The minimum absolute atomic E-state index is 0.290. The van der Waals surface area contributed by atoms with Crippen LogP contribution in [0.1, 0.15) is 11.3 Å². The predicted molar refractivity (Wildman–Crippen MR) is 103 cm³/mol. The van der Waals surface area contributed by atoms with E-state index < -0.39 is 11.7 Å². The molecule has 7 nitrogen and oxygen atoms in total. The van der Waals surface area contributed by atoms with E-state index in [9.17, 15) is 13.2 Å². The summed E-state index contributed by atoms with van der Waals surface area (Å²) in [5, 5.41) is 8.51. The second-order valence-corrected chi connectivity index (χ2v) is 7.27. The highest BCUT2D eigenvalue weighted by Crippen LogP contribution is 2.37. The van der Waals surface area contributed by atoms with Crippen LogP contribution in [0.5, 0.6) is 0 Å². The molecule has 0 bridgehead atoms. The van der Waals surface area contributed by atoms with Gasteiger partial charge in [0, 0.05) is 38.1 Å². The van der Waals surface area contributed by atoms with Crippen molar-refractivity contribution in [3.05, 3.63) is 53.1 Å². The van der Waals surface area contributed by atoms with E-state index in [0.717, 1.165) is 11.8 Å². The lowest BCUT2D eigenvalue weighted by Gasteiger charge is -2.35. The molecule has 154 valence electrons. The second kappa shape index (κ2) is 7.58. The molecule has 2 aromatic heterocycles. The van der Waals surface area contributed by atoms with Crippen LogP contribution in [0.3, 0.4) is 0 Å². The van der Waals surface area contributed by atoms with Crippen molar-refractivity contribution in [1.82, 2.24) is 24.5 Å². The Kier molecular flexibility index (Phi) is 5.12. The molecule has 3 aromatic rings. The van der Waals surface area contributed by atoms with Gasteiger partial charge < -0.3 is 9.80 Å². The number of aromatic nitrogens is 5. The number of piperazine rings is 1. The van der Waals surface area contributed by atoms with Gasteiger partial charge in [-0.3, -0.25) is 4.68 Å². The van der Waals surface area contributed by atoms with Crippen molar-refractivity contribution in [1.29, 1.82) is 0 Å². The number of halogens is 4. The summed E-state index contributed by atoms with van der Waals surface area (Å²) < 4.78 is 42.8. The van der Waals surface area contributed by atoms with Crippen molar-refractivity contribution in [2.45, 2.75) is 19.8 Å². The number of hydrogen-bond donors (Lipinski definition) is 0. The van der Waals surface area contributed by atoms with Gasteiger partial charge >= 0.3 is 6.18 Å². The molecule has 4 rings (SSSR count). The fraction of sp³-hybridized carbons (Fsp3) is 0.389. The summed E-state index contributed by atoms with van der Waals surface area (Å²) >= 11 is 5.71. The highest BCUT2D eigenvalue weighted by Gasteiger charge is 2.34. The summed E-state index contributed by atoms with van der Waals surface area (Å²) in [5.41, 5.74) is 0.625. The third-order valence-corrected chi connectivity index (χ3v) is 5.10.